The lowest BCUT2D eigenvalue weighted by Gasteiger charge is -2.25. The first-order valence-electron chi connectivity index (χ1n) is 10.1. The largest absolute Gasteiger partial charge is 0.465 e. The summed E-state index contributed by atoms with van der Waals surface area (Å²) in [4.78, 5) is 32.4. The van der Waals surface area contributed by atoms with Crippen molar-refractivity contribution in [1.82, 2.24) is 0 Å². The molecule has 6 nitrogen and oxygen atoms in total. The summed E-state index contributed by atoms with van der Waals surface area (Å²) in [7, 11) is 0. The molecule has 0 saturated carbocycles. The van der Waals surface area contributed by atoms with Gasteiger partial charge in [-0.15, -0.1) is 0 Å². The quantitative estimate of drug-likeness (QED) is 0.544. The molecule has 31 heavy (non-hydrogen) atoms. The van der Waals surface area contributed by atoms with E-state index in [1.807, 2.05) is 37.3 Å². The monoisotopic (exact) mass is 423 g/mol. The minimum atomic E-state index is -0.881. The summed E-state index contributed by atoms with van der Waals surface area (Å²) in [6.45, 7) is 3.82. The second kappa shape index (κ2) is 8.63. The number of halogens is 1. The maximum atomic E-state index is 13.8. The topological polar surface area (TPSA) is 69.0 Å². The minimum Gasteiger partial charge on any atom is -0.465 e. The van der Waals surface area contributed by atoms with Crippen LogP contribution in [0.4, 0.5) is 10.1 Å². The van der Waals surface area contributed by atoms with Gasteiger partial charge in [-0.3, -0.25) is 9.59 Å². The van der Waals surface area contributed by atoms with Gasteiger partial charge in [0, 0.05) is 0 Å². The third-order valence-electron chi connectivity index (χ3n) is 5.12. The van der Waals surface area contributed by atoms with Gasteiger partial charge in [-0.25, -0.2) is 9.45 Å². The highest BCUT2D eigenvalue weighted by atomic mass is 19.1. The first-order chi connectivity index (χ1) is 15.0. The fourth-order valence-electron chi connectivity index (χ4n) is 3.78. The number of fused-ring (bicyclic) bond motifs is 1. The van der Waals surface area contributed by atoms with Crippen LogP contribution in [0.3, 0.4) is 0 Å². The van der Waals surface area contributed by atoms with Gasteiger partial charge in [0.25, 0.3) is 0 Å². The molecular weight excluding hydrogens is 401 g/mol. The number of allylic oxidation sites excluding steroid dienone is 1. The van der Waals surface area contributed by atoms with Crippen molar-refractivity contribution in [3.05, 3.63) is 88.2 Å². The van der Waals surface area contributed by atoms with Crippen LogP contribution in [0.15, 0.2) is 75.8 Å². The number of ether oxygens (including phenoxy) is 1. The highest BCUT2D eigenvalue weighted by Gasteiger charge is 2.48. The van der Waals surface area contributed by atoms with Crippen molar-refractivity contribution < 1.29 is 23.2 Å². The van der Waals surface area contributed by atoms with Crippen LogP contribution in [-0.2, 0) is 14.4 Å². The van der Waals surface area contributed by atoms with Crippen LogP contribution in [0, 0.1) is 11.7 Å². The second-order valence-corrected chi connectivity index (χ2v) is 7.10. The maximum absolute atomic E-state index is 13.8. The summed E-state index contributed by atoms with van der Waals surface area (Å²) in [6, 6.07) is 12.1. The number of esters is 1. The number of carbonyl (C=O) groups is 1. The molecule has 1 aromatic heterocycles. The van der Waals surface area contributed by atoms with E-state index in [0.717, 1.165) is 6.07 Å². The summed E-state index contributed by atoms with van der Waals surface area (Å²) in [5.41, 5.74) is 0.666. The van der Waals surface area contributed by atoms with Crippen LogP contribution in [0.5, 0.6) is 0 Å². The van der Waals surface area contributed by atoms with Gasteiger partial charge in [0.15, 0.2) is 5.43 Å². The van der Waals surface area contributed by atoms with Gasteiger partial charge in [-0.1, -0.05) is 25.1 Å². The van der Waals surface area contributed by atoms with E-state index in [9.17, 15) is 14.0 Å². The van der Waals surface area contributed by atoms with Crippen LogP contribution in [0.25, 0.3) is 11.0 Å². The average Bonchev–Trinajstić information content (AvgIpc) is 3.14. The summed E-state index contributed by atoms with van der Waals surface area (Å²) in [6.07, 6.45) is 3.73. The summed E-state index contributed by atoms with van der Waals surface area (Å²) < 4.78 is 24.8. The van der Waals surface area contributed by atoms with Crippen LogP contribution in [0.1, 0.15) is 31.9 Å². The highest BCUT2D eigenvalue weighted by Crippen LogP contribution is 2.44. The Hall–Kier alpha value is -3.61. The summed E-state index contributed by atoms with van der Waals surface area (Å²) >= 11 is 0. The van der Waals surface area contributed by atoms with E-state index >= 15 is 0 Å². The van der Waals surface area contributed by atoms with E-state index < -0.39 is 29.2 Å². The normalized spacial score (nSPS) is 19.6. The number of hydrogen-bond donors (Lipinski definition) is 0. The predicted octanol–water partition coefficient (Wildman–Crippen LogP) is 4.90. The van der Waals surface area contributed by atoms with E-state index in [-0.39, 0.29) is 23.1 Å². The Labute approximate surface area is 178 Å². The summed E-state index contributed by atoms with van der Waals surface area (Å²) in [5.74, 6) is -1.54. The molecule has 0 aliphatic carbocycles. The number of para-hydroxylation sites is 1. The van der Waals surface area contributed by atoms with Crippen LogP contribution < -0.4 is 10.5 Å². The molecule has 3 aromatic rings. The molecule has 2 unspecified atom stereocenters. The van der Waals surface area contributed by atoms with E-state index in [1.54, 1.807) is 13.0 Å². The van der Waals surface area contributed by atoms with E-state index in [1.165, 1.54) is 23.5 Å². The molecule has 0 amide bonds. The van der Waals surface area contributed by atoms with Crippen molar-refractivity contribution in [1.29, 1.82) is 0 Å². The van der Waals surface area contributed by atoms with Crippen LogP contribution >= 0.6 is 0 Å². The zero-order chi connectivity index (χ0) is 22.0. The Balaban J connectivity index is 1.94. The molecule has 2 atom stereocenters. The molecule has 0 bridgehead atoms. The van der Waals surface area contributed by atoms with E-state index in [0.29, 0.717) is 17.9 Å². The molecule has 1 saturated heterocycles. The van der Waals surface area contributed by atoms with Crippen molar-refractivity contribution in [2.75, 3.05) is 11.7 Å². The third-order valence-corrected chi connectivity index (χ3v) is 5.12. The number of hydrogen-bond acceptors (Lipinski definition) is 6. The Morgan fingerprint density at radius 1 is 1.19 bits per heavy atom. The van der Waals surface area contributed by atoms with E-state index in [4.69, 9.17) is 14.0 Å². The highest BCUT2D eigenvalue weighted by molar-refractivity contribution is 5.80. The summed E-state index contributed by atoms with van der Waals surface area (Å²) in [5, 5.41) is 1.61. The molecule has 0 radical (unpaired) electrons. The molecule has 1 aliphatic rings. The molecule has 0 N–H and O–H groups in total. The minimum absolute atomic E-state index is 0.0982. The predicted molar refractivity (Wildman–Crippen MR) is 114 cm³/mol. The zero-order valence-corrected chi connectivity index (χ0v) is 17.2. The number of carbonyl (C=O) groups excluding carboxylic acids is 1. The number of nitrogens with zero attached hydrogens (tertiary/aromatic N) is 1. The SMILES string of the molecule is CC/C=C1/ON(c2ccccc2)C(c2coc3ccc(F)cc3c2=O)C1C(=O)OCC. The van der Waals surface area contributed by atoms with Crippen molar-refractivity contribution >= 4 is 22.6 Å². The van der Waals surface area contributed by atoms with Crippen molar-refractivity contribution in [3.8, 4) is 0 Å². The van der Waals surface area contributed by atoms with E-state index in [2.05, 4.69) is 0 Å². The number of benzene rings is 2. The first kappa shape index (κ1) is 20.7. The Morgan fingerprint density at radius 3 is 2.68 bits per heavy atom. The molecule has 4 rings (SSSR count). The fraction of sp³-hybridized carbons (Fsp3) is 0.250. The van der Waals surface area contributed by atoms with Gasteiger partial charge in [-0.05, 0) is 49.8 Å². The fourth-order valence-corrected chi connectivity index (χ4v) is 3.78. The molecule has 2 aromatic carbocycles. The van der Waals surface area contributed by atoms with Gasteiger partial charge in [-0.2, -0.15) is 0 Å². The standard InChI is InChI=1S/C24H22FNO5/c1-3-8-20-21(24(28)29-4-2)22(26(31-20)16-9-6-5-7-10-16)18-14-30-19-12-11-15(25)13-17(19)23(18)27/h5-14,21-22H,3-4H2,1-2H3/b20-8+. The lowest BCUT2D eigenvalue weighted by Crippen LogP contribution is -2.32. The van der Waals surface area contributed by atoms with Crippen molar-refractivity contribution in [3.63, 3.8) is 0 Å². The molecule has 160 valence electrons. The van der Waals surface area contributed by atoms with Crippen LogP contribution in [0.2, 0.25) is 0 Å². The van der Waals surface area contributed by atoms with Gasteiger partial charge in [0.05, 0.1) is 23.2 Å². The number of anilines is 1. The Kier molecular flexibility index (Phi) is 5.75. The molecular formula is C24H22FNO5. The van der Waals surface area contributed by atoms with Crippen molar-refractivity contribution in [2.45, 2.75) is 26.3 Å². The smallest absolute Gasteiger partial charge is 0.319 e. The molecule has 7 heteroatoms. The molecule has 1 aliphatic heterocycles. The third kappa shape index (κ3) is 3.79. The number of rotatable bonds is 5. The zero-order valence-electron chi connectivity index (χ0n) is 17.2. The Bertz CT molecular complexity index is 1190. The van der Waals surface area contributed by atoms with Gasteiger partial charge in [0.2, 0.25) is 0 Å². The molecule has 2 heterocycles. The molecule has 1 fully saturated rings. The Morgan fingerprint density at radius 2 is 1.97 bits per heavy atom. The molecule has 0 spiro atoms. The van der Waals surface area contributed by atoms with Crippen molar-refractivity contribution in [2.24, 2.45) is 5.92 Å². The van der Waals surface area contributed by atoms with Gasteiger partial charge in [0.1, 0.15) is 35.4 Å². The van der Waals surface area contributed by atoms with Crippen LogP contribution in [-0.4, -0.2) is 12.6 Å². The number of hydroxylamine groups is 1. The lowest BCUT2D eigenvalue weighted by molar-refractivity contribution is -0.147. The lowest BCUT2D eigenvalue weighted by atomic mass is 9.91. The first-order valence-corrected chi connectivity index (χ1v) is 10.1. The second-order valence-electron chi connectivity index (χ2n) is 7.10. The van der Waals surface area contributed by atoms with Gasteiger partial charge < -0.3 is 14.0 Å². The maximum Gasteiger partial charge on any atom is 0.319 e. The van der Waals surface area contributed by atoms with Gasteiger partial charge >= 0.3 is 5.97 Å². The average molecular weight is 423 g/mol.